The van der Waals surface area contributed by atoms with E-state index in [2.05, 4.69) is 25.0 Å². The summed E-state index contributed by atoms with van der Waals surface area (Å²) in [5.41, 5.74) is 0. The Morgan fingerprint density at radius 3 is 2.41 bits per heavy atom. The van der Waals surface area contributed by atoms with Gasteiger partial charge >= 0.3 is 6.03 Å². The first-order valence-corrected chi connectivity index (χ1v) is 8.62. The van der Waals surface area contributed by atoms with Crippen molar-refractivity contribution in [2.45, 2.75) is 38.0 Å². The molecule has 2 N–H and O–H groups in total. The molecule has 0 unspecified atom stereocenters. The predicted octanol–water partition coefficient (Wildman–Crippen LogP) is 0.196. The lowest BCUT2D eigenvalue weighted by Crippen LogP contribution is -2.48. The molecule has 0 saturated carbocycles. The summed E-state index contributed by atoms with van der Waals surface area (Å²) in [4.78, 5) is 25.0. The Bertz CT molecular complexity index is 599. The summed E-state index contributed by atoms with van der Waals surface area (Å²) in [6, 6.07) is -0.426. The third-order valence-electron chi connectivity index (χ3n) is 3.45. The van der Waals surface area contributed by atoms with Gasteiger partial charge in [-0.05, 0) is 26.7 Å². The molecule has 0 aliphatic carbocycles. The van der Waals surface area contributed by atoms with E-state index >= 15 is 0 Å². The highest BCUT2D eigenvalue weighted by molar-refractivity contribution is 7.90. The van der Waals surface area contributed by atoms with E-state index in [4.69, 9.17) is 0 Å². The van der Waals surface area contributed by atoms with Crippen molar-refractivity contribution in [3.05, 3.63) is 12.7 Å². The molecule has 2 heterocycles. The summed E-state index contributed by atoms with van der Waals surface area (Å²) in [5, 5.41) is 2.12. The number of nitrogens with zero attached hydrogens (tertiary/aromatic N) is 4. The van der Waals surface area contributed by atoms with Gasteiger partial charge < -0.3 is 4.90 Å². The van der Waals surface area contributed by atoms with Crippen LogP contribution in [0.1, 0.15) is 26.7 Å². The number of urea groups is 1. The average Bonchev–Trinajstić information content (AvgIpc) is 2.48. The number of amides is 2. The number of hydrogen-bond donors (Lipinski definition) is 2. The van der Waals surface area contributed by atoms with Crippen LogP contribution >= 0.6 is 0 Å². The van der Waals surface area contributed by atoms with Gasteiger partial charge in [0.15, 0.2) is 0 Å². The molecule has 2 rings (SSSR count). The van der Waals surface area contributed by atoms with E-state index in [1.54, 1.807) is 18.7 Å². The van der Waals surface area contributed by atoms with Gasteiger partial charge in [0.25, 0.3) is 0 Å². The normalized spacial score (nSPS) is 16.8. The van der Waals surface area contributed by atoms with Crippen molar-refractivity contribution in [2.24, 2.45) is 0 Å². The van der Waals surface area contributed by atoms with E-state index < -0.39 is 15.3 Å². The number of nitrogens with one attached hydrogen (secondary N) is 2. The van der Waals surface area contributed by atoms with Crippen LogP contribution < -0.4 is 10.0 Å². The van der Waals surface area contributed by atoms with Gasteiger partial charge in [0.05, 0.1) is 5.25 Å². The molecule has 0 radical (unpaired) electrons. The Hall–Kier alpha value is -1.81. The Kier molecular flexibility index (Phi) is 5.24. The second-order valence-electron chi connectivity index (χ2n) is 5.36. The number of aromatic nitrogens is 3. The number of carbonyl (C=O) groups is 1. The highest BCUT2D eigenvalue weighted by Crippen LogP contribution is 2.13. The third-order valence-corrected chi connectivity index (χ3v) is 5.35. The zero-order valence-corrected chi connectivity index (χ0v) is 13.4. The van der Waals surface area contributed by atoms with Crippen molar-refractivity contribution in [2.75, 3.05) is 18.4 Å². The lowest BCUT2D eigenvalue weighted by Gasteiger charge is -2.32. The van der Waals surface area contributed by atoms with E-state index in [0.717, 1.165) is 0 Å². The van der Waals surface area contributed by atoms with E-state index in [0.29, 0.717) is 25.9 Å². The lowest BCUT2D eigenvalue weighted by molar-refractivity contribution is 0.192. The van der Waals surface area contributed by atoms with E-state index in [1.807, 2.05) is 0 Å². The third kappa shape index (κ3) is 4.34. The molecule has 2 amide bonds. The minimum Gasteiger partial charge on any atom is -0.324 e. The molecule has 0 bridgehead atoms. The Labute approximate surface area is 129 Å². The molecule has 22 heavy (non-hydrogen) atoms. The van der Waals surface area contributed by atoms with E-state index in [1.165, 1.54) is 12.7 Å². The van der Waals surface area contributed by atoms with Gasteiger partial charge in [-0.15, -0.1) is 0 Å². The summed E-state index contributed by atoms with van der Waals surface area (Å²) in [6.45, 7) is 4.23. The van der Waals surface area contributed by atoms with Gasteiger partial charge in [0.1, 0.15) is 12.7 Å². The summed E-state index contributed by atoms with van der Waals surface area (Å²) < 4.78 is 26.3. The molecule has 0 spiro atoms. The van der Waals surface area contributed by atoms with Gasteiger partial charge in [0, 0.05) is 19.1 Å². The van der Waals surface area contributed by atoms with Crippen LogP contribution in [0.25, 0.3) is 0 Å². The maximum atomic E-state index is 12.0. The quantitative estimate of drug-likeness (QED) is 0.815. The summed E-state index contributed by atoms with van der Waals surface area (Å²) in [5.74, 6) is 0.197. The number of carbonyl (C=O) groups excluding carboxylic acids is 1. The first-order valence-electron chi connectivity index (χ1n) is 7.07. The van der Waals surface area contributed by atoms with Crippen LogP contribution in [0.15, 0.2) is 12.7 Å². The first kappa shape index (κ1) is 16.6. The zero-order valence-electron chi connectivity index (χ0n) is 12.6. The molecule has 1 aliphatic heterocycles. The van der Waals surface area contributed by atoms with E-state index in [9.17, 15) is 13.2 Å². The predicted molar refractivity (Wildman–Crippen MR) is 80.6 cm³/mol. The maximum Gasteiger partial charge on any atom is 0.324 e. The SMILES string of the molecule is CC(C)S(=O)(=O)NC1CCN(C(=O)Nc2ncncn2)CC1. The smallest absolute Gasteiger partial charge is 0.324 e. The second kappa shape index (κ2) is 6.97. The van der Waals surface area contributed by atoms with E-state index in [-0.39, 0.29) is 18.0 Å². The summed E-state index contributed by atoms with van der Waals surface area (Å²) in [7, 11) is -3.28. The fourth-order valence-electron chi connectivity index (χ4n) is 2.05. The molecule has 0 atom stereocenters. The summed E-state index contributed by atoms with van der Waals surface area (Å²) >= 11 is 0. The van der Waals surface area contributed by atoms with Crippen LogP contribution in [-0.4, -0.2) is 58.7 Å². The molecule has 1 aromatic rings. The molecular weight excluding hydrogens is 308 g/mol. The fourth-order valence-corrected chi connectivity index (χ4v) is 3.02. The molecule has 1 saturated heterocycles. The molecule has 122 valence electrons. The van der Waals surface area contributed by atoms with Crippen LogP contribution in [0, 0.1) is 0 Å². The first-order chi connectivity index (χ1) is 10.4. The Balaban J connectivity index is 1.83. The number of rotatable bonds is 4. The van der Waals surface area contributed by atoms with Crippen molar-refractivity contribution >= 4 is 22.0 Å². The van der Waals surface area contributed by atoms with Crippen molar-refractivity contribution in [1.82, 2.24) is 24.6 Å². The standard InChI is InChI=1S/C12H20N6O3S/c1-9(2)22(20,21)17-10-3-5-18(6-4-10)12(19)16-11-14-7-13-8-15-11/h7-10,17H,3-6H2,1-2H3,(H,13,14,15,16,19). The van der Waals surface area contributed by atoms with Gasteiger partial charge in [-0.25, -0.2) is 32.9 Å². The molecule has 0 aromatic carbocycles. The maximum absolute atomic E-state index is 12.0. The van der Waals surface area contributed by atoms with Crippen molar-refractivity contribution in [3.8, 4) is 0 Å². The number of anilines is 1. The topological polar surface area (TPSA) is 117 Å². The second-order valence-corrected chi connectivity index (χ2v) is 7.63. The highest BCUT2D eigenvalue weighted by atomic mass is 32.2. The molecular formula is C12H20N6O3S. The number of piperidine rings is 1. The lowest BCUT2D eigenvalue weighted by atomic mass is 10.1. The number of hydrogen-bond acceptors (Lipinski definition) is 6. The summed E-state index contributed by atoms with van der Waals surface area (Å²) in [6.07, 6.45) is 3.76. The van der Waals surface area contributed by atoms with Crippen LogP contribution in [0.4, 0.5) is 10.7 Å². The van der Waals surface area contributed by atoms with Crippen molar-refractivity contribution in [1.29, 1.82) is 0 Å². The van der Waals surface area contributed by atoms with Crippen LogP contribution in [0.5, 0.6) is 0 Å². The van der Waals surface area contributed by atoms with Crippen LogP contribution in [0.2, 0.25) is 0 Å². The number of sulfonamides is 1. The van der Waals surface area contributed by atoms with Gasteiger partial charge in [-0.3, -0.25) is 5.32 Å². The van der Waals surface area contributed by atoms with Gasteiger partial charge in [0.2, 0.25) is 16.0 Å². The molecule has 9 nitrogen and oxygen atoms in total. The monoisotopic (exact) mass is 328 g/mol. The molecule has 1 aliphatic rings. The minimum absolute atomic E-state index is 0.131. The van der Waals surface area contributed by atoms with Gasteiger partial charge in [-0.2, -0.15) is 0 Å². The van der Waals surface area contributed by atoms with Crippen LogP contribution in [-0.2, 0) is 10.0 Å². The van der Waals surface area contributed by atoms with Gasteiger partial charge in [-0.1, -0.05) is 0 Å². The highest BCUT2D eigenvalue weighted by Gasteiger charge is 2.27. The van der Waals surface area contributed by atoms with Crippen molar-refractivity contribution < 1.29 is 13.2 Å². The minimum atomic E-state index is -3.28. The molecule has 10 heteroatoms. The fraction of sp³-hybridized carbons (Fsp3) is 0.667. The molecule has 1 aromatic heterocycles. The van der Waals surface area contributed by atoms with Crippen LogP contribution in [0.3, 0.4) is 0 Å². The average molecular weight is 328 g/mol. The van der Waals surface area contributed by atoms with Crippen molar-refractivity contribution in [3.63, 3.8) is 0 Å². The largest absolute Gasteiger partial charge is 0.324 e. The molecule has 1 fully saturated rings. The Morgan fingerprint density at radius 2 is 1.86 bits per heavy atom. The number of likely N-dealkylation sites (tertiary alicyclic amines) is 1. The Morgan fingerprint density at radius 1 is 1.27 bits per heavy atom. The zero-order chi connectivity index (χ0) is 16.2.